The fourth-order valence-electron chi connectivity index (χ4n) is 4.84. The van der Waals surface area contributed by atoms with E-state index in [9.17, 15) is 9.59 Å². The Morgan fingerprint density at radius 3 is 2.79 bits per heavy atom. The maximum atomic E-state index is 13.1. The molecule has 1 aromatic heterocycles. The number of rotatable bonds is 1. The molecule has 0 bridgehead atoms. The van der Waals surface area contributed by atoms with E-state index in [0.29, 0.717) is 17.9 Å². The lowest BCUT2D eigenvalue weighted by atomic mass is 9.86. The SMILES string of the molecule is CN1CC(=O)N2C(c3ccc4c(c3)OCO4)c3[nH]c4ccccc4c3C[C@H]2C1=O. The number of aromatic nitrogens is 1. The van der Waals surface area contributed by atoms with Crippen molar-refractivity contribution in [3.8, 4) is 11.5 Å². The van der Waals surface area contributed by atoms with Crippen LogP contribution in [0.3, 0.4) is 0 Å². The van der Waals surface area contributed by atoms with Crippen molar-refractivity contribution in [3.63, 3.8) is 0 Å². The van der Waals surface area contributed by atoms with Gasteiger partial charge in [-0.2, -0.15) is 0 Å². The van der Waals surface area contributed by atoms with Gasteiger partial charge in [0.05, 0.1) is 12.6 Å². The molecule has 2 amide bonds. The van der Waals surface area contributed by atoms with E-state index in [-0.39, 0.29) is 31.2 Å². The van der Waals surface area contributed by atoms with Gasteiger partial charge >= 0.3 is 0 Å². The summed E-state index contributed by atoms with van der Waals surface area (Å²) in [5.41, 5.74) is 3.97. The lowest BCUT2D eigenvalue weighted by molar-refractivity contribution is -0.157. The summed E-state index contributed by atoms with van der Waals surface area (Å²) >= 11 is 0. The molecule has 1 saturated heterocycles. The third-order valence-electron chi connectivity index (χ3n) is 6.17. The first-order valence-electron chi connectivity index (χ1n) is 9.67. The number of hydrogen-bond donors (Lipinski definition) is 1. The first-order chi connectivity index (χ1) is 14.1. The van der Waals surface area contributed by atoms with Crippen LogP contribution < -0.4 is 9.47 Å². The summed E-state index contributed by atoms with van der Waals surface area (Å²) < 4.78 is 11.0. The molecule has 2 atom stereocenters. The predicted octanol–water partition coefficient (Wildman–Crippen LogP) is 2.21. The summed E-state index contributed by atoms with van der Waals surface area (Å²) in [4.78, 5) is 32.9. The first-order valence-corrected chi connectivity index (χ1v) is 9.67. The van der Waals surface area contributed by atoms with Crippen molar-refractivity contribution in [2.45, 2.75) is 18.5 Å². The highest BCUT2D eigenvalue weighted by Gasteiger charge is 2.47. The molecule has 1 unspecified atom stereocenters. The second-order valence-electron chi connectivity index (χ2n) is 7.79. The molecular formula is C22H19N3O4. The Morgan fingerprint density at radius 2 is 1.90 bits per heavy atom. The van der Waals surface area contributed by atoms with Gasteiger partial charge in [0.2, 0.25) is 18.6 Å². The largest absolute Gasteiger partial charge is 0.454 e. The van der Waals surface area contributed by atoms with Crippen LogP contribution in [0.5, 0.6) is 11.5 Å². The summed E-state index contributed by atoms with van der Waals surface area (Å²) in [5.74, 6) is 1.28. The molecule has 146 valence electrons. The molecule has 1 fully saturated rings. The van der Waals surface area contributed by atoms with Crippen molar-refractivity contribution in [3.05, 3.63) is 59.3 Å². The van der Waals surface area contributed by atoms with Gasteiger partial charge in [-0.3, -0.25) is 9.59 Å². The van der Waals surface area contributed by atoms with Crippen LogP contribution in [-0.4, -0.2) is 53.0 Å². The van der Waals surface area contributed by atoms with Gasteiger partial charge in [0.15, 0.2) is 11.5 Å². The van der Waals surface area contributed by atoms with Crippen LogP contribution in [0.2, 0.25) is 0 Å². The molecule has 3 aromatic rings. The van der Waals surface area contributed by atoms with Crippen LogP contribution in [0.15, 0.2) is 42.5 Å². The Balaban J connectivity index is 1.59. The Hall–Kier alpha value is -3.48. The number of carbonyl (C=O) groups excluding carboxylic acids is 2. The topological polar surface area (TPSA) is 74.9 Å². The fourth-order valence-corrected chi connectivity index (χ4v) is 4.84. The molecular weight excluding hydrogens is 370 g/mol. The molecule has 0 spiro atoms. The number of para-hydroxylation sites is 1. The molecule has 4 heterocycles. The maximum Gasteiger partial charge on any atom is 0.245 e. The average molecular weight is 389 g/mol. The Bertz CT molecular complexity index is 1180. The number of nitrogens with zero attached hydrogens (tertiary/aromatic N) is 2. The van der Waals surface area contributed by atoms with Gasteiger partial charge < -0.3 is 24.3 Å². The molecule has 3 aliphatic heterocycles. The van der Waals surface area contributed by atoms with E-state index in [2.05, 4.69) is 11.1 Å². The van der Waals surface area contributed by atoms with Gasteiger partial charge in [0.1, 0.15) is 6.04 Å². The summed E-state index contributed by atoms with van der Waals surface area (Å²) in [6, 6.07) is 12.9. The van der Waals surface area contributed by atoms with E-state index in [1.165, 1.54) is 4.90 Å². The number of likely N-dealkylation sites (N-methyl/N-ethyl adjacent to an activating group) is 1. The van der Waals surface area contributed by atoms with Crippen molar-refractivity contribution in [2.75, 3.05) is 20.4 Å². The number of H-pyrrole nitrogens is 1. The zero-order valence-corrected chi connectivity index (χ0v) is 15.8. The molecule has 7 nitrogen and oxygen atoms in total. The Morgan fingerprint density at radius 1 is 1.07 bits per heavy atom. The van der Waals surface area contributed by atoms with E-state index >= 15 is 0 Å². The number of nitrogens with one attached hydrogen (secondary N) is 1. The number of amides is 2. The van der Waals surface area contributed by atoms with Gasteiger partial charge in [-0.1, -0.05) is 24.3 Å². The minimum Gasteiger partial charge on any atom is -0.454 e. The van der Waals surface area contributed by atoms with E-state index < -0.39 is 6.04 Å². The number of piperazine rings is 1. The Labute approximate surface area is 166 Å². The first kappa shape index (κ1) is 16.5. The van der Waals surface area contributed by atoms with Gasteiger partial charge in [-0.25, -0.2) is 0 Å². The number of ether oxygens (including phenoxy) is 2. The summed E-state index contributed by atoms with van der Waals surface area (Å²) in [6.07, 6.45) is 0.509. The van der Waals surface area contributed by atoms with Gasteiger partial charge in [0.25, 0.3) is 0 Å². The minimum atomic E-state index is -0.511. The lowest BCUT2D eigenvalue weighted by Gasteiger charge is -2.46. The summed E-state index contributed by atoms with van der Waals surface area (Å²) in [6.45, 7) is 0.279. The minimum absolute atomic E-state index is 0.0220. The fraction of sp³-hybridized carbons (Fsp3) is 0.273. The normalized spacial score (nSPS) is 22.8. The van der Waals surface area contributed by atoms with Crippen molar-refractivity contribution < 1.29 is 19.1 Å². The number of hydrogen-bond acceptors (Lipinski definition) is 4. The van der Waals surface area contributed by atoms with E-state index in [4.69, 9.17) is 9.47 Å². The van der Waals surface area contributed by atoms with Crippen molar-refractivity contribution in [1.82, 2.24) is 14.8 Å². The lowest BCUT2D eigenvalue weighted by Crippen LogP contribution is -2.62. The summed E-state index contributed by atoms with van der Waals surface area (Å²) in [7, 11) is 1.69. The number of fused-ring (bicyclic) bond motifs is 5. The molecule has 2 aromatic carbocycles. The maximum absolute atomic E-state index is 13.1. The number of benzene rings is 2. The van der Waals surface area contributed by atoms with Crippen LogP contribution in [0, 0.1) is 0 Å². The van der Waals surface area contributed by atoms with Gasteiger partial charge in [-0.15, -0.1) is 0 Å². The molecule has 7 heteroatoms. The van der Waals surface area contributed by atoms with Crippen LogP contribution in [-0.2, 0) is 16.0 Å². The van der Waals surface area contributed by atoms with E-state index in [1.54, 1.807) is 11.9 Å². The monoisotopic (exact) mass is 389 g/mol. The third kappa shape index (κ3) is 2.24. The van der Waals surface area contributed by atoms with Crippen LogP contribution in [0.25, 0.3) is 10.9 Å². The van der Waals surface area contributed by atoms with Gasteiger partial charge in [-0.05, 0) is 29.3 Å². The van der Waals surface area contributed by atoms with Crippen LogP contribution in [0.1, 0.15) is 22.9 Å². The zero-order valence-electron chi connectivity index (χ0n) is 15.8. The second kappa shape index (κ2) is 5.76. The highest BCUT2D eigenvalue weighted by atomic mass is 16.7. The molecule has 0 radical (unpaired) electrons. The smallest absolute Gasteiger partial charge is 0.245 e. The number of carbonyl (C=O) groups is 2. The Kier molecular flexibility index (Phi) is 3.27. The second-order valence-corrected chi connectivity index (χ2v) is 7.79. The molecule has 0 aliphatic carbocycles. The van der Waals surface area contributed by atoms with Crippen molar-refractivity contribution >= 4 is 22.7 Å². The molecule has 6 rings (SSSR count). The van der Waals surface area contributed by atoms with Gasteiger partial charge in [0, 0.05) is 30.1 Å². The highest BCUT2D eigenvalue weighted by molar-refractivity contribution is 5.97. The quantitative estimate of drug-likeness (QED) is 0.693. The average Bonchev–Trinajstić information content (AvgIpc) is 3.34. The molecule has 29 heavy (non-hydrogen) atoms. The predicted molar refractivity (Wildman–Crippen MR) is 105 cm³/mol. The van der Waals surface area contributed by atoms with Crippen molar-refractivity contribution in [2.24, 2.45) is 0 Å². The highest BCUT2D eigenvalue weighted by Crippen LogP contribution is 2.44. The van der Waals surface area contributed by atoms with Crippen molar-refractivity contribution in [1.29, 1.82) is 0 Å². The molecule has 1 N–H and O–H groups in total. The molecule has 0 saturated carbocycles. The van der Waals surface area contributed by atoms with E-state index in [0.717, 1.165) is 27.7 Å². The van der Waals surface area contributed by atoms with Crippen LogP contribution in [0.4, 0.5) is 0 Å². The summed E-state index contributed by atoms with van der Waals surface area (Å²) in [5, 5.41) is 1.10. The number of aromatic amines is 1. The molecule has 3 aliphatic rings. The zero-order chi connectivity index (χ0) is 19.7. The standard InChI is InChI=1S/C22H19N3O4/c1-24-10-19(26)25-16(22(24)27)9-14-13-4-2-3-5-15(13)23-20(14)21(25)12-6-7-17-18(8-12)29-11-28-17/h2-8,16,21,23H,9-11H2,1H3/t16-,21?/m0/s1. The van der Waals surface area contributed by atoms with Crippen LogP contribution >= 0.6 is 0 Å². The van der Waals surface area contributed by atoms with E-state index in [1.807, 2.05) is 36.4 Å². The third-order valence-corrected chi connectivity index (χ3v) is 6.17.